The number of hydrogen-bond acceptors (Lipinski definition) is 6. The van der Waals surface area contributed by atoms with E-state index >= 15 is 0 Å². The Morgan fingerprint density at radius 2 is 1.95 bits per heavy atom. The molecule has 0 aliphatic carbocycles. The molecule has 0 saturated carbocycles. The summed E-state index contributed by atoms with van der Waals surface area (Å²) < 4.78 is 10.4. The fourth-order valence-electron chi connectivity index (χ4n) is 1.82. The lowest BCUT2D eigenvalue weighted by Gasteiger charge is -2.08. The Balaban J connectivity index is 2.20. The number of amides is 1. The summed E-state index contributed by atoms with van der Waals surface area (Å²) in [6.07, 6.45) is 0. The zero-order valence-corrected chi connectivity index (χ0v) is 12.5. The van der Waals surface area contributed by atoms with Crippen LogP contribution in [-0.2, 0) is 4.74 Å². The average Bonchev–Trinajstić information content (AvgIpc) is 2.54. The van der Waals surface area contributed by atoms with Crippen molar-refractivity contribution in [2.75, 3.05) is 33.1 Å². The molecule has 1 aromatic carbocycles. The molecular weight excluding hydrogens is 284 g/mol. The summed E-state index contributed by atoms with van der Waals surface area (Å²) >= 11 is 0. The molecule has 116 valence electrons. The molecule has 2 aromatic rings. The molecule has 0 fully saturated rings. The second-order valence-corrected chi connectivity index (χ2v) is 4.44. The first-order valence-corrected chi connectivity index (χ1v) is 6.73. The van der Waals surface area contributed by atoms with Gasteiger partial charge in [-0.2, -0.15) is 0 Å². The minimum Gasteiger partial charge on any atom is -0.491 e. The first kappa shape index (κ1) is 15.7. The zero-order valence-electron chi connectivity index (χ0n) is 12.5. The second-order valence-electron chi connectivity index (χ2n) is 4.44. The molecule has 7 nitrogen and oxygen atoms in total. The van der Waals surface area contributed by atoms with Crippen molar-refractivity contribution < 1.29 is 14.3 Å². The summed E-state index contributed by atoms with van der Waals surface area (Å²) in [5.41, 5.74) is 7.28. The number of hydrogen-bond donors (Lipinski definition) is 2. The first-order chi connectivity index (χ1) is 10.6. The normalized spacial score (nSPS) is 10.3. The van der Waals surface area contributed by atoms with Gasteiger partial charge in [0.05, 0.1) is 12.3 Å². The molecule has 0 atom stereocenters. The predicted molar refractivity (Wildman–Crippen MR) is 82.6 cm³/mol. The van der Waals surface area contributed by atoms with Gasteiger partial charge in [0.1, 0.15) is 18.1 Å². The highest BCUT2D eigenvalue weighted by molar-refractivity contribution is 5.93. The van der Waals surface area contributed by atoms with E-state index in [1.165, 1.54) is 7.05 Å². The molecule has 0 aliphatic heterocycles. The summed E-state index contributed by atoms with van der Waals surface area (Å²) in [4.78, 5) is 19.7. The minimum absolute atomic E-state index is 0.0523. The number of carbonyl (C=O) groups is 1. The molecule has 7 heteroatoms. The molecule has 0 unspecified atom stereocenters. The molecule has 3 N–H and O–H groups in total. The van der Waals surface area contributed by atoms with E-state index in [1.807, 2.05) is 24.3 Å². The van der Waals surface area contributed by atoms with Crippen LogP contribution < -0.4 is 15.8 Å². The number of nitrogens with two attached hydrogens (primary N) is 1. The van der Waals surface area contributed by atoms with E-state index in [0.717, 1.165) is 11.3 Å². The monoisotopic (exact) mass is 302 g/mol. The Morgan fingerprint density at radius 1 is 1.23 bits per heavy atom. The van der Waals surface area contributed by atoms with E-state index in [-0.39, 0.29) is 17.5 Å². The van der Waals surface area contributed by atoms with Crippen molar-refractivity contribution >= 4 is 11.9 Å². The number of nitrogens with zero attached hydrogens (tertiary/aromatic N) is 2. The Bertz CT molecular complexity index is 644. The maximum atomic E-state index is 11.7. The smallest absolute Gasteiger partial charge is 0.269 e. The molecular formula is C15H18N4O3. The van der Waals surface area contributed by atoms with Gasteiger partial charge >= 0.3 is 0 Å². The summed E-state index contributed by atoms with van der Waals surface area (Å²) in [5, 5.41) is 2.51. The highest BCUT2D eigenvalue weighted by Gasteiger charge is 2.10. The van der Waals surface area contributed by atoms with Gasteiger partial charge in [0.25, 0.3) is 5.91 Å². The molecule has 22 heavy (non-hydrogen) atoms. The average molecular weight is 302 g/mol. The van der Waals surface area contributed by atoms with Crippen LogP contribution in [0, 0.1) is 0 Å². The van der Waals surface area contributed by atoms with Crippen molar-refractivity contribution in [1.82, 2.24) is 15.3 Å². The number of benzene rings is 1. The number of nitrogens with one attached hydrogen (secondary N) is 1. The number of anilines is 1. The lowest BCUT2D eigenvalue weighted by Crippen LogP contribution is -2.20. The first-order valence-electron chi connectivity index (χ1n) is 6.73. The zero-order chi connectivity index (χ0) is 15.9. The largest absolute Gasteiger partial charge is 0.491 e. The van der Waals surface area contributed by atoms with Crippen LogP contribution in [0.25, 0.3) is 11.3 Å². The van der Waals surface area contributed by atoms with Gasteiger partial charge in [-0.1, -0.05) is 0 Å². The van der Waals surface area contributed by atoms with Crippen LogP contribution in [0.15, 0.2) is 30.3 Å². The van der Waals surface area contributed by atoms with Crippen LogP contribution in [0.3, 0.4) is 0 Å². The van der Waals surface area contributed by atoms with E-state index in [4.69, 9.17) is 15.2 Å². The molecule has 0 aliphatic rings. The Morgan fingerprint density at radius 3 is 2.59 bits per heavy atom. The topological polar surface area (TPSA) is 99.4 Å². The Kier molecular flexibility index (Phi) is 5.26. The fraction of sp³-hybridized carbons (Fsp3) is 0.267. The Hall–Kier alpha value is -2.67. The number of carbonyl (C=O) groups excluding carboxylic acids is 1. The minimum atomic E-state index is -0.310. The van der Waals surface area contributed by atoms with Gasteiger partial charge in [0.15, 0.2) is 0 Å². The van der Waals surface area contributed by atoms with Crippen molar-refractivity contribution in [3.8, 4) is 17.0 Å². The van der Waals surface area contributed by atoms with E-state index in [0.29, 0.717) is 18.9 Å². The molecule has 1 amide bonds. The number of methoxy groups -OCH3 is 1. The van der Waals surface area contributed by atoms with E-state index in [1.54, 1.807) is 13.2 Å². The summed E-state index contributed by atoms with van der Waals surface area (Å²) in [7, 11) is 3.16. The lowest BCUT2D eigenvalue weighted by molar-refractivity contribution is 0.0958. The van der Waals surface area contributed by atoms with Crippen LogP contribution >= 0.6 is 0 Å². The molecule has 1 heterocycles. The van der Waals surface area contributed by atoms with Crippen molar-refractivity contribution in [3.05, 3.63) is 36.0 Å². The molecule has 0 bridgehead atoms. The van der Waals surface area contributed by atoms with E-state index in [2.05, 4.69) is 15.3 Å². The Labute approximate surface area is 128 Å². The summed E-state index contributed by atoms with van der Waals surface area (Å²) in [5.74, 6) is 0.473. The molecule has 0 saturated heterocycles. The van der Waals surface area contributed by atoms with E-state index in [9.17, 15) is 4.79 Å². The quantitative estimate of drug-likeness (QED) is 0.775. The van der Waals surface area contributed by atoms with Crippen LogP contribution in [0.2, 0.25) is 0 Å². The third-order valence-electron chi connectivity index (χ3n) is 2.91. The third kappa shape index (κ3) is 3.92. The van der Waals surface area contributed by atoms with Gasteiger partial charge in [-0.05, 0) is 30.3 Å². The molecule has 2 rings (SSSR count). The maximum Gasteiger partial charge on any atom is 0.269 e. The van der Waals surface area contributed by atoms with Gasteiger partial charge in [0.2, 0.25) is 5.95 Å². The van der Waals surface area contributed by atoms with Gasteiger partial charge < -0.3 is 20.5 Å². The number of rotatable bonds is 6. The number of aromatic nitrogens is 2. The van der Waals surface area contributed by atoms with Crippen LogP contribution in [0.5, 0.6) is 5.75 Å². The molecule has 0 radical (unpaired) electrons. The van der Waals surface area contributed by atoms with Crippen LogP contribution in [0.1, 0.15) is 10.5 Å². The van der Waals surface area contributed by atoms with Crippen molar-refractivity contribution in [1.29, 1.82) is 0 Å². The van der Waals surface area contributed by atoms with Crippen LogP contribution in [-0.4, -0.2) is 43.2 Å². The van der Waals surface area contributed by atoms with Gasteiger partial charge in [-0.3, -0.25) is 4.79 Å². The van der Waals surface area contributed by atoms with Gasteiger partial charge in [-0.25, -0.2) is 9.97 Å². The standard InChI is InChI=1S/C15H18N4O3/c1-17-14(20)13-9-12(18-15(16)19-13)10-3-5-11(6-4-10)22-8-7-21-2/h3-6,9H,7-8H2,1-2H3,(H,17,20)(H2,16,18,19). The fourth-order valence-corrected chi connectivity index (χ4v) is 1.82. The summed E-state index contributed by atoms with van der Waals surface area (Å²) in [6.45, 7) is 1.01. The number of nitrogen functional groups attached to an aromatic ring is 1. The highest BCUT2D eigenvalue weighted by atomic mass is 16.5. The molecule has 1 aromatic heterocycles. The van der Waals surface area contributed by atoms with Crippen molar-refractivity contribution in [3.63, 3.8) is 0 Å². The van der Waals surface area contributed by atoms with Crippen molar-refractivity contribution in [2.24, 2.45) is 0 Å². The lowest BCUT2D eigenvalue weighted by atomic mass is 10.1. The SMILES string of the molecule is CNC(=O)c1cc(-c2ccc(OCCOC)cc2)nc(N)n1. The third-order valence-corrected chi connectivity index (χ3v) is 2.91. The molecule has 0 spiro atoms. The van der Waals surface area contributed by atoms with Gasteiger partial charge in [-0.15, -0.1) is 0 Å². The van der Waals surface area contributed by atoms with E-state index < -0.39 is 0 Å². The second kappa shape index (κ2) is 7.37. The number of ether oxygens (including phenoxy) is 2. The van der Waals surface area contributed by atoms with Crippen molar-refractivity contribution in [2.45, 2.75) is 0 Å². The van der Waals surface area contributed by atoms with Crippen LogP contribution in [0.4, 0.5) is 5.95 Å². The summed E-state index contributed by atoms with van der Waals surface area (Å²) in [6, 6.07) is 8.93. The predicted octanol–water partition coefficient (Wildman–Crippen LogP) is 1.11. The highest BCUT2D eigenvalue weighted by Crippen LogP contribution is 2.22. The maximum absolute atomic E-state index is 11.7. The van der Waals surface area contributed by atoms with Gasteiger partial charge in [0, 0.05) is 19.7 Å².